The number of methoxy groups -OCH3 is 1. The van der Waals surface area contributed by atoms with E-state index < -0.39 is 5.41 Å². The van der Waals surface area contributed by atoms with Crippen molar-refractivity contribution < 1.29 is 13.9 Å². The summed E-state index contributed by atoms with van der Waals surface area (Å²) in [6.45, 7) is 4.22. The van der Waals surface area contributed by atoms with Crippen LogP contribution in [0.15, 0.2) is 18.2 Å². The van der Waals surface area contributed by atoms with Crippen molar-refractivity contribution in [3.8, 4) is 5.75 Å². The van der Waals surface area contributed by atoms with E-state index >= 15 is 0 Å². The van der Waals surface area contributed by atoms with Gasteiger partial charge in [-0.1, -0.05) is 6.07 Å². The maximum Gasteiger partial charge on any atom is 0.224 e. The summed E-state index contributed by atoms with van der Waals surface area (Å²) in [5.74, 6) is -0.238. The molecular formula is C13H19FN2O2. The molecule has 0 aliphatic rings. The first-order valence-corrected chi connectivity index (χ1v) is 5.70. The van der Waals surface area contributed by atoms with Crippen LogP contribution in [0.1, 0.15) is 19.4 Å². The summed E-state index contributed by atoms with van der Waals surface area (Å²) in [5.41, 5.74) is 5.12. The summed E-state index contributed by atoms with van der Waals surface area (Å²) in [4.78, 5) is 11.1. The minimum absolute atomic E-state index is 0.335. The Balaban J connectivity index is 2.57. The number of hydrogen-bond acceptors (Lipinski definition) is 3. The molecule has 1 rings (SSSR count). The molecule has 0 fully saturated rings. The molecule has 18 heavy (non-hydrogen) atoms. The van der Waals surface area contributed by atoms with Crippen molar-refractivity contribution in [3.05, 3.63) is 29.6 Å². The molecule has 0 aliphatic heterocycles. The second-order valence-electron chi connectivity index (χ2n) is 4.81. The van der Waals surface area contributed by atoms with Gasteiger partial charge >= 0.3 is 0 Å². The maximum atomic E-state index is 13.6. The van der Waals surface area contributed by atoms with Gasteiger partial charge in [-0.15, -0.1) is 0 Å². The summed E-state index contributed by atoms with van der Waals surface area (Å²) < 4.78 is 18.5. The van der Waals surface area contributed by atoms with E-state index in [0.29, 0.717) is 24.4 Å². The van der Waals surface area contributed by atoms with E-state index in [9.17, 15) is 9.18 Å². The SMILES string of the molecule is COc1ccc(CNCC(C)(C)C(N)=O)c(F)c1. The van der Waals surface area contributed by atoms with E-state index in [-0.39, 0.29) is 11.7 Å². The predicted octanol–water partition coefficient (Wildman–Crippen LogP) is 1.44. The van der Waals surface area contributed by atoms with E-state index in [1.165, 1.54) is 13.2 Å². The van der Waals surface area contributed by atoms with Crippen LogP contribution in [0.3, 0.4) is 0 Å². The smallest absolute Gasteiger partial charge is 0.224 e. The molecule has 0 bridgehead atoms. The van der Waals surface area contributed by atoms with Crippen molar-refractivity contribution in [3.63, 3.8) is 0 Å². The number of amides is 1. The molecule has 0 heterocycles. The Morgan fingerprint density at radius 3 is 2.67 bits per heavy atom. The number of ether oxygens (including phenoxy) is 1. The summed E-state index contributed by atoms with van der Waals surface area (Å²) >= 11 is 0. The predicted molar refractivity (Wildman–Crippen MR) is 67.6 cm³/mol. The molecule has 1 aromatic rings. The van der Waals surface area contributed by atoms with Crippen LogP contribution in [0.5, 0.6) is 5.75 Å². The Hall–Kier alpha value is -1.62. The minimum Gasteiger partial charge on any atom is -0.497 e. The lowest BCUT2D eigenvalue weighted by atomic mass is 9.93. The first-order chi connectivity index (χ1) is 8.36. The van der Waals surface area contributed by atoms with Crippen molar-refractivity contribution >= 4 is 5.91 Å². The van der Waals surface area contributed by atoms with E-state index in [1.54, 1.807) is 26.0 Å². The number of primary amides is 1. The highest BCUT2D eigenvalue weighted by molar-refractivity contribution is 5.80. The van der Waals surface area contributed by atoms with Crippen LogP contribution in [0.4, 0.5) is 4.39 Å². The molecule has 4 nitrogen and oxygen atoms in total. The Morgan fingerprint density at radius 1 is 1.50 bits per heavy atom. The number of nitrogens with two attached hydrogens (primary N) is 1. The van der Waals surface area contributed by atoms with Gasteiger partial charge in [0, 0.05) is 24.7 Å². The van der Waals surface area contributed by atoms with Crippen molar-refractivity contribution in [2.45, 2.75) is 20.4 Å². The van der Waals surface area contributed by atoms with Crippen molar-refractivity contribution in [1.82, 2.24) is 5.32 Å². The highest BCUT2D eigenvalue weighted by Gasteiger charge is 2.24. The van der Waals surface area contributed by atoms with Crippen molar-refractivity contribution in [1.29, 1.82) is 0 Å². The van der Waals surface area contributed by atoms with Crippen LogP contribution >= 0.6 is 0 Å². The number of carbonyl (C=O) groups excluding carboxylic acids is 1. The van der Waals surface area contributed by atoms with Gasteiger partial charge in [0.15, 0.2) is 0 Å². The molecule has 0 aliphatic carbocycles. The first kappa shape index (κ1) is 14.4. The van der Waals surface area contributed by atoms with Crippen molar-refractivity contribution in [2.24, 2.45) is 11.1 Å². The van der Waals surface area contributed by atoms with Crippen LogP contribution in [-0.4, -0.2) is 19.6 Å². The van der Waals surface area contributed by atoms with Gasteiger partial charge in [0.2, 0.25) is 5.91 Å². The average Bonchev–Trinajstić information content (AvgIpc) is 2.30. The fourth-order valence-electron chi connectivity index (χ4n) is 1.40. The second kappa shape index (κ2) is 5.82. The molecule has 0 atom stereocenters. The van der Waals surface area contributed by atoms with Gasteiger partial charge in [0.1, 0.15) is 11.6 Å². The molecule has 0 aromatic heterocycles. The zero-order valence-corrected chi connectivity index (χ0v) is 10.9. The zero-order valence-electron chi connectivity index (χ0n) is 10.9. The molecule has 1 amide bonds. The van der Waals surface area contributed by atoms with Gasteiger partial charge in [-0.2, -0.15) is 0 Å². The minimum atomic E-state index is -0.650. The number of carbonyl (C=O) groups is 1. The molecule has 0 saturated carbocycles. The molecular weight excluding hydrogens is 235 g/mol. The van der Waals surface area contributed by atoms with Crippen LogP contribution in [0, 0.1) is 11.2 Å². The van der Waals surface area contributed by atoms with Crippen LogP contribution in [0.25, 0.3) is 0 Å². The largest absolute Gasteiger partial charge is 0.497 e. The Bertz CT molecular complexity index is 433. The van der Waals surface area contributed by atoms with Gasteiger partial charge in [-0.3, -0.25) is 4.79 Å². The summed E-state index contributed by atoms with van der Waals surface area (Å²) in [6, 6.07) is 4.67. The number of nitrogens with one attached hydrogen (secondary N) is 1. The van der Waals surface area contributed by atoms with Crippen LogP contribution in [-0.2, 0) is 11.3 Å². The third kappa shape index (κ3) is 3.70. The molecule has 1 aromatic carbocycles. The van der Waals surface area contributed by atoms with Gasteiger partial charge in [-0.25, -0.2) is 4.39 Å². The van der Waals surface area contributed by atoms with Crippen LogP contribution < -0.4 is 15.8 Å². The third-order valence-electron chi connectivity index (χ3n) is 2.81. The monoisotopic (exact) mass is 254 g/mol. The number of halogens is 1. The molecule has 5 heteroatoms. The molecule has 100 valence electrons. The molecule has 0 spiro atoms. The normalized spacial score (nSPS) is 11.3. The summed E-state index contributed by atoms with van der Waals surface area (Å²) in [7, 11) is 1.49. The number of hydrogen-bond donors (Lipinski definition) is 2. The fourth-order valence-corrected chi connectivity index (χ4v) is 1.40. The zero-order chi connectivity index (χ0) is 13.8. The Morgan fingerprint density at radius 2 is 2.17 bits per heavy atom. The lowest BCUT2D eigenvalue weighted by molar-refractivity contribution is -0.125. The molecule has 0 unspecified atom stereocenters. The lowest BCUT2D eigenvalue weighted by Gasteiger charge is -2.20. The third-order valence-corrected chi connectivity index (χ3v) is 2.81. The average molecular weight is 254 g/mol. The van der Waals surface area contributed by atoms with Crippen molar-refractivity contribution in [2.75, 3.05) is 13.7 Å². The number of rotatable bonds is 6. The van der Waals surface area contributed by atoms with Gasteiger partial charge in [0.25, 0.3) is 0 Å². The van der Waals surface area contributed by atoms with E-state index in [2.05, 4.69) is 5.32 Å². The van der Waals surface area contributed by atoms with Gasteiger partial charge < -0.3 is 15.8 Å². The maximum absolute atomic E-state index is 13.6. The topological polar surface area (TPSA) is 64.3 Å². The summed E-state index contributed by atoms with van der Waals surface area (Å²) in [5, 5.41) is 3.02. The Labute approximate surface area is 106 Å². The fraction of sp³-hybridized carbons (Fsp3) is 0.462. The van der Waals surface area contributed by atoms with Crippen LogP contribution in [0.2, 0.25) is 0 Å². The first-order valence-electron chi connectivity index (χ1n) is 5.70. The lowest BCUT2D eigenvalue weighted by Crippen LogP contribution is -2.40. The Kier molecular flexibility index (Phi) is 4.67. The van der Waals surface area contributed by atoms with Gasteiger partial charge in [0.05, 0.1) is 12.5 Å². The van der Waals surface area contributed by atoms with E-state index in [1.807, 2.05) is 0 Å². The number of benzene rings is 1. The molecule has 0 radical (unpaired) electrons. The highest BCUT2D eigenvalue weighted by Crippen LogP contribution is 2.17. The standard InChI is InChI=1S/C13H19FN2O2/c1-13(2,12(15)17)8-16-7-9-4-5-10(18-3)6-11(9)14/h4-6,16H,7-8H2,1-3H3,(H2,15,17). The second-order valence-corrected chi connectivity index (χ2v) is 4.81. The van der Waals surface area contributed by atoms with E-state index in [4.69, 9.17) is 10.5 Å². The van der Waals surface area contributed by atoms with E-state index in [0.717, 1.165) is 0 Å². The quantitative estimate of drug-likeness (QED) is 0.807. The van der Waals surface area contributed by atoms with Gasteiger partial charge in [-0.05, 0) is 19.9 Å². The molecule has 3 N–H and O–H groups in total. The molecule has 0 saturated heterocycles. The highest BCUT2D eigenvalue weighted by atomic mass is 19.1. The summed E-state index contributed by atoms with van der Waals surface area (Å²) in [6.07, 6.45) is 0.